The Hall–Kier alpha value is -4.62. The largest absolute Gasteiger partial charge is 0.489 e. The minimum Gasteiger partial charge on any atom is -0.489 e. The summed E-state index contributed by atoms with van der Waals surface area (Å²) in [6.07, 6.45) is 1.82. The average Bonchev–Trinajstić information content (AvgIpc) is 3.66. The van der Waals surface area contributed by atoms with Crippen molar-refractivity contribution in [2.75, 3.05) is 0 Å². The molecule has 0 bridgehead atoms. The Bertz CT molecular complexity index is 2000. The minimum absolute atomic E-state index is 0.118. The van der Waals surface area contributed by atoms with E-state index in [1.54, 1.807) is 26.8 Å². The summed E-state index contributed by atoms with van der Waals surface area (Å²) in [7, 11) is 0. The molecule has 1 N–H and O–H groups in total. The molecule has 11 nitrogen and oxygen atoms in total. The Morgan fingerprint density at radius 3 is 2.36 bits per heavy atom. The summed E-state index contributed by atoms with van der Waals surface area (Å²) in [5.74, 6) is -0.604. The van der Waals surface area contributed by atoms with E-state index in [2.05, 4.69) is 15.5 Å². The number of hydrogen-bond acceptors (Lipinski definition) is 8. The molecule has 0 unspecified atom stereocenters. The first-order valence-electron chi connectivity index (χ1n) is 15.4. The average molecular weight is 663 g/mol. The molecule has 0 fully saturated rings. The van der Waals surface area contributed by atoms with Crippen LogP contribution in [-0.4, -0.2) is 42.2 Å². The Morgan fingerprint density at radius 2 is 1.72 bits per heavy atom. The molecule has 0 saturated heterocycles. The van der Waals surface area contributed by atoms with Crippen LogP contribution in [0.4, 0.5) is 4.39 Å². The van der Waals surface area contributed by atoms with Gasteiger partial charge in [-0.2, -0.15) is 10.2 Å². The van der Waals surface area contributed by atoms with Gasteiger partial charge >= 0.3 is 5.69 Å². The molecular weight excluding hydrogens is 623 g/mol. The van der Waals surface area contributed by atoms with Crippen LogP contribution in [-0.2, 0) is 28.2 Å². The fourth-order valence-corrected chi connectivity index (χ4v) is 6.61. The van der Waals surface area contributed by atoms with Gasteiger partial charge in [0.05, 0.1) is 30.4 Å². The lowest BCUT2D eigenvalue weighted by Gasteiger charge is -2.29. The summed E-state index contributed by atoms with van der Waals surface area (Å²) in [5, 5.41) is 12.1. The normalized spacial score (nSPS) is 12.6. The number of aryl methyl sites for hydroxylation is 1. The first-order chi connectivity index (χ1) is 22.3. The van der Waals surface area contributed by atoms with Gasteiger partial charge in [0.25, 0.3) is 5.56 Å². The highest BCUT2D eigenvalue weighted by molar-refractivity contribution is 7.21. The molecule has 0 aliphatic rings. The number of ether oxygens (including phenoxy) is 2. The Balaban J connectivity index is 1.72. The second kappa shape index (κ2) is 13.6. The third kappa shape index (κ3) is 6.91. The molecule has 0 spiro atoms. The van der Waals surface area contributed by atoms with E-state index in [1.807, 2.05) is 44.2 Å². The predicted molar refractivity (Wildman–Crippen MR) is 179 cm³/mol. The quantitative estimate of drug-likeness (QED) is 0.194. The number of carbonyl (C=O) groups excluding carboxylic acids is 1. The second-order valence-electron chi connectivity index (χ2n) is 12.4. The maximum atomic E-state index is 14.9. The van der Waals surface area contributed by atoms with E-state index < -0.39 is 34.6 Å². The van der Waals surface area contributed by atoms with Gasteiger partial charge in [0, 0.05) is 17.2 Å². The molecule has 5 aromatic rings. The van der Waals surface area contributed by atoms with Crippen molar-refractivity contribution < 1.29 is 18.7 Å². The highest BCUT2D eigenvalue weighted by Crippen LogP contribution is 2.35. The molecule has 13 heteroatoms. The summed E-state index contributed by atoms with van der Waals surface area (Å²) in [6.45, 7) is 12.2. The maximum absolute atomic E-state index is 14.9. The van der Waals surface area contributed by atoms with Crippen molar-refractivity contribution in [1.82, 2.24) is 29.4 Å². The Kier molecular flexibility index (Phi) is 9.78. The van der Waals surface area contributed by atoms with Crippen molar-refractivity contribution in [2.45, 2.75) is 85.4 Å². The molecule has 0 aliphatic carbocycles. The summed E-state index contributed by atoms with van der Waals surface area (Å²) in [4.78, 5) is 43.9. The van der Waals surface area contributed by atoms with E-state index in [9.17, 15) is 18.8 Å². The minimum atomic E-state index is -1.57. The zero-order valence-electron chi connectivity index (χ0n) is 27.5. The SMILES string of the molecule is Cc1c(-n2nccn2)sc2c1c(=O)n(C(C)(C)C(=O)NC(C)C)c(=O)n2C[C@H](OC(C)C)c1cc(F)ccc1OCc1ccccc1. The molecule has 1 atom stereocenters. The lowest BCUT2D eigenvalue weighted by molar-refractivity contribution is -0.129. The molecule has 1 amide bonds. The van der Waals surface area contributed by atoms with Crippen molar-refractivity contribution >= 4 is 27.5 Å². The summed E-state index contributed by atoms with van der Waals surface area (Å²) >= 11 is 1.17. The molecule has 0 saturated carbocycles. The smallest absolute Gasteiger partial charge is 0.333 e. The second-order valence-corrected chi connectivity index (χ2v) is 13.4. The van der Waals surface area contributed by atoms with Gasteiger partial charge in [-0.15, -0.1) is 4.80 Å². The number of rotatable bonds is 12. The molecule has 47 heavy (non-hydrogen) atoms. The summed E-state index contributed by atoms with van der Waals surface area (Å²) in [6, 6.07) is 13.5. The standard InChI is InChI=1S/C34H39FN6O5S/c1-20(2)38-32(43)34(6,7)40-29(42)28-22(5)30(41-36-15-16-37-41)47-31(28)39(33(40)44)18-27(46-21(3)4)25-17-24(35)13-14-26(25)45-19-23-11-9-8-10-12-23/h8-17,20-21,27H,18-19H2,1-7H3,(H,38,43)/t27-/m0/s1. The third-order valence-corrected chi connectivity index (χ3v) is 8.94. The molecule has 5 rings (SSSR count). The van der Waals surface area contributed by atoms with Gasteiger partial charge in [0.1, 0.15) is 39.6 Å². The van der Waals surface area contributed by atoms with Gasteiger partial charge in [-0.05, 0) is 72.2 Å². The summed E-state index contributed by atoms with van der Waals surface area (Å²) in [5.41, 5.74) is -1.03. The monoisotopic (exact) mass is 662 g/mol. The predicted octanol–water partition coefficient (Wildman–Crippen LogP) is 5.26. The lowest BCUT2D eigenvalue weighted by atomic mass is 10.0. The van der Waals surface area contributed by atoms with Gasteiger partial charge in [-0.25, -0.2) is 13.8 Å². The fraction of sp³-hybridized carbons (Fsp3) is 0.382. The highest BCUT2D eigenvalue weighted by Gasteiger charge is 2.36. The van der Waals surface area contributed by atoms with Crippen molar-refractivity contribution in [3.63, 3.8) is 0 Å². The number of fused-ring (bicyclic) bond motifs is 1. The van der Waals surface area contributed by atoms with Crippen LogP contribution in [0.5, 0.6) is 5.75 Å². The van der Waals surface area contributed by atoms with Crippen LogP contribution in [0, 0.1) is 12.7 Å². The van der Waals surface area contributed by atoms with Gasteiger partial charge < -0.3 is 14.8 Å². The van der Waals surface area contributed by atoms with Gasteiger partial charge in [0.15, 0.2) is 0 Å². The van der Waals surface area contributed by atoms with E-state index in [4.69, 9.17) is 9.47 Å². The third-order valence-electron chi connectivity index (χ3n) is 7.66. The van der Waals surface area contributed by atoms with E-state index in [0.717, 1.165) is 10.1 Å². The van der Waals surface area contributed by atoms with E-state index >= 15 is 0 Å². The zero-order valence-corrected chi connectivity index (χ0v) is 28.3. The first kappa shape index (κ1) is 33.7. The molecule has 248 valence electrons. The van der Waals surface area contributed by atoms with E-state index in [0.29, 0.717) is 26.7 Å². The highest BCUT2D eigenvalue weighted by atomic mass is 32.1. The summed E-state index contributed by atoms with van der Waals surface area (Å²) < 4.78 is 29.8. The van der Waals surface area contributed by atoms with Crippen LogP contribution in [0.1, 0.15) is 64.3 Å². The van der Waals surface area contributed by atoms with Crippen molar-refractivity contribution in [2.24, 2.45) is 0 Å². The molecule has 0 radical (unpaired) electrons. The number of carbonyl (C=O) groups is 1. The number of amides is 1. The van der Waals surface area contributed by atoms with Crippen molar-refractivity contribution in [1.29, 1.82) is 0 Å². The van der Waals surface area contributed by atoms with Crippen molar-refractivity contribution in [3.05, 3.63) is 104 Å². The number of thiophene rings is 1. The van der Waals surface area contributed by atoms with Crippen LogP contribution in [0.25, 0.3) is 15.2 Å². The van der Waals surface area contributed by atoms with Crippen LogP contribution in [0.15, 0.2) is 70.5 Å². The number of aromatic nitrogens is 5. The molecule has 3 heterocycles. The topological polar surface area (TPSA) is 122 Å². The van der Waals surface area contributed by atoms with Gasteiger partial charge in [0.2, 0.25) is 5.91 Å². The number of benzene rings is 2. The fourth-order valence-electron chi connectivity index (χ4n) is 5.39. The maximum Gasteiger partial charge on any atom is 0.333 e. The number of nitrogens with one attached hydrogen (secondary N) is 1. The number of halogens is 1. The van der Waals surface area contributed by atoms with Gasteiger partial charge in [-0.1, -0.05) is 41.7 Å². The first-order valence-corrected chi connectivity index (χ1v) is 16.2. The van der Waals surface area contributed by atoms with E-state index in [1.165, 1.54) is 59.1 Å². The molecule has 3 aromatic heterocycles. The van der Waals surface area contributed by atoms with Crippen LogP contribution >= 0.6 is 11.3 Å². The van der Waals surface area contributed by atoms with Crippen LogP contribution in [0.2, 0.25) is 0 Å². The molecule has 2 aromatic carbocycles. The lowest BCUT2D eigenvalue weighted by Crippen LogP contribution is -2.56. The molecular formula is C34H39FN6O5S. The zero-order chi connectivity index (χ0) is 34.0. The Morgan fingerprint density at radius 1 is 1.04 bits per heavy atom. The van der Waals surface area contributed by atoms with Crippen LogP contribution in [0.3, 0.4) is 0 Å². The number of hydrogen-bond donors (Lipinski definition) is 1. The number of nitrogens with zero attached hydrogens (tertiary/aromatic N) is 5. The Labute approximate surface area is 275 Å². The molecule has 0 aliphatic heterocycles. The van der Waals surface area contributed by atoms with Gasteiger partial charge in [-0.3, -0.25) is 14.2 Å². The van der Waals surface area contributed by atoms with E-state index in [-0.39, 0.29) is 30.7 Å². The van der Waals surface area contributed by atoms with Crippen molar-refractivity contribution in [3.8, 4) is 10.8 Å². The van der Waals surface area contributed by atoms with Crippen LogP contribution < -0.4 is 21.3 Å².